The Morgan fingerprint density at radius 2 is 1.79 bits per heavy atom. The van der Waals surface area contributed by atoms with Crippen molar-refractivity contribution in [2.75, 3.05) is 13.1 Å². The monoisotopic (exact) mass is 416 g/mol. The maximum absolute atomic E-state index is 13.1. The number of aromatic nitrogens is 2. The topological polar surface area (TPSA) is 118 Å². The van der Waals surface area contributed by atoms with Gasteiger partial charge in [-0.1, -0.05) is 18.2 Å². The molecule has 2 aromatic carbocycles. The summed E-state index contributed by atoms with van der Waals surface area (Å²) in [7, 11) is -3.86. The minimum absolute atomic E-state index is 0.0468. The van der Waals surface area contributed by atoms with E-state index in [0.717, 1.165) is 11.0 Å². The third-order valence-corrected chi connectivity index (χ3v) is 7.53. The third-order valence-electron chi connectivity index (χ3n) is 5.48. The molecule has 0 aliphatic carbocycles. The van der Waals surface area contributed by atoms with Gasteiger partial charge in [0, 0.05) is 30.8 Å². The first kappa shape index (κ1) is 19.3. The Balaban J connectivity index is 1.60. The second-order valence-corrected chi connectivity index (χ2v) is 9.02. The molecule has 0 saturated carbocycles. The molecule has 4 rings (SSSR count). The van der Waals surface area contributed by atoms with Crippen molar-refractivity contribution in [1.29, 1.82) is 0 Å². The van der Waals surface area contributed by atoms with Crippen LogP contribution in [0.15, 0.2) is 52.2 Å². The van der Waals surface area contributed by atoms with Gasteiger partial charge in [-0.3, -0.25) is 14.7 Å². The van der Waals surface area contributed by atoms with Crippen LogP contribution in [0.1, 0.15) is 24.4 Å². The number of piperidine rings is 1. The van der Waals surface area contributed by atoms with Crippen molar-refractivity contribution >= 4 is 26.7 Å². The lowest BCUT2D eigenvalue weighted by atomic mass is 10.1. The largest absolute Gasteiger partial charge is 0.326 e. The summed E-state index contributed by atoms with van der Waals surface area (Å²) >= 11 is 0. The summed E-state index contributed by atoms with van der Waals surface area (Å²) in [6.07, 6.45) is 0.962. The van der Waals surface area contributed by atoms with E-state index in [9.17, 15) is 23.3 Å². The van der Waals surface area contributed by atoms with Crippen molar-refractivity contribution in [2.24, 2.45) is 0 Å². The molecule has 2 heterocycles. The summed E-state index contributed by atoms with van der Waals surface area (Å²) in [5.41, 5.74) is 1.26. The zero-order valence-corrected chi connectivity index (χ0v) is 16.6. The number of nitro groups is 1. The number of hydrogen-bond acceptors (Lipinski definition) is 5. The summed E-state index contributed by atoms with van der Waals surface area (Å²) < 4.78 is 29.2. The predicted molar refractivity (Wildman–Crippen MR) is 107 cm³/mol. The van der Waals surface area contributed by atoms with E-state index in [0.29, 0.717) is 12.8 Å². The average molecular weight is 416 g/mol. The Morgan fingerprint density at radius 1 is 1.10 bits per heavy atom. The number of H-pyrrole nitrogens is 1. The Kier molecular flexibility index (Phi) is 4.75. The first-order valence-electron chi connectivity index (χ1n) is 9.24. The molecule has 1 aromatic heterocycles. The zero-order valence-electron chi connectivity index (χ0n) is 15.7. The smallest absolute Gasteiger partial charge is 0.306 e. The van der Waals surface area contributed by atoms with Crippen LogP contribution >= 0.6 is 0 Å². The number of fused-ring (bicyclic) bond motifs is 1. The van der Waals surface area contributed by atoms with E-state index in [-0.39, 0.29) is 41.0 Å². The lowest BCUT2D eigenvalue weighted by Gasteiger charge is -2.32. The fourth-order valence-electron chi connectivity index (χ4n) is 4.00. The van der Waals surface area contributed by atoms with Crippen LogP contribution in [0.25, 0.3) is 11.0 Å². The number of benzene rings is 2. The van der Waals surface area contributed by atoms with Gasteiger partial charge in [0.15, 0.2) is 0 Å². The summed E-state index contributed by atoms with van der Waals surface area (Å²) in [5, 5.41) is 11.2. The molecule has 29 heavy (non-hydrogen) atoms. The van der Waals surface area contributed by atoms with Crippen molar-refractivity contribution in [3.8, 4) is 0 Å². The molecule has 1 N–H and O–H groups in total. The number of imidazole rings is 1. The Labute approximate surface area is 166 Å². The maximum atomic E-state index is 13.1. The molecule has 3 aromatic rings. The minimum atomic E-state index is -3.86. The SMILES string of the molecule is Cc1c([N+](=O)[O-])cccc1S(=O)(=O)N1CCC(n2c(=O)[nH]c3ccccc32)CC1. The number of hydrogen-bond donors (Lipinski definition) is 1. The van der Waals surface area contributed by atoms with Crippen molar-refractivity contribution in [1.82, 2.24) is 13.9 Å². The van der Waals surface area contributed by atoms with Crippen LogP contribution in [0.2, 0.25) is 0 Å². The highest BCUT2D eigenvalue weighted by atomic mass is 32.2. The highest BCUT2D eigenvalue weighted by Gasteiger charge is 2.33. The van der Waals surface area contributed by atoms with Crippen LogP contribution < -0.4 is 5.69 Å². The molecular formula is C19H20N4O5S. The van der Waals surface area contributed by atoms with Gasteiger partial charge in [-0.25, -0.2) is 13.2 Å². The Bertz CT molecular complexity index is 1250. The molecule has 0 amide bonds. The van der Waals surface area contributed by atoms with Gasteiger partial charge in [0.1, 0.15) is 0 Å². The number of nitrogens with one attached hydrogen (secondary N) is 1. The zero-order chi connectivity index (χ0) is 20.8. The molecule has 0 unspecified atom stereocenters. The van der Waals surface area contributed by atoms with Gasteiger partial charge in [0.05, 0.1) is 20.9 Å². The fourth-order valence-corrected chi connectivity index (χ4v) is 5.71. The van der Waals surface area contributed by atoms with Crippen LogP contribution in [0.4, 0.5) is 5.69 Å². The van der Waals surface area contributed by atoms with E-state index in [1.165, 1.54) is 29.4 Å². The number of aromatic amines is 1. The summed E-state index contributed by atoms with van der Waals surface area (Å²) in [6.45, 7) is 1.92. The lowest BCUT2D eigenvalue weighted by Crippen LogP contribution is -2.40. The van der Waals surface area contributed by atoms with Crippen LogP contribution in [0.5, 0.6) is 0 Å². The molecule has 1 aliphatic heterocycles. The normalized spacial score (nSPS) is 16.3. The summed E-state index contributed by atoms with van der Waals surface area (Å²) in [6, 6.07) is 11.4. The standard InChI is InChI=1S/C19H20N4O5S/c1-13-16(23(25)26)7-4-8-18(13)29(27,28)21-11-9-14(10-12-21)22-17-6-3-2-5-15(17)20-19(22)24/h2-8,14H,9-12H2,1H3,(H,20,24). The molecule has 10 heteroatoms. The molecule has 1 aliphatic rings. The number of para-hydroxylation sites is 2. The second kappa shape index (κ2) is 7.12. The molecular weight excluding hydrogens is 396 g/mol. The van der Waals surface area contributed by atoms with E-state index in [1.807, 2.05) is 24.3 Å². The average Bonchev–Trinajstić information content (AvgIpc) is 3.03. The third kappa shape index (κ3) is 3.23. The summed E-state index contributed by atoms with van der Waals surface area (Å²) in [4.78, 5) is 25.7. The second-order valence-electron chi connectivity index (χ2n) is 7.11. The van der Waals surface area contributed by atoms with Crippen molar-refractivity contribution in [3.63, 3.8) is 0 Å². The molecule has 9 nitrogen and oxygen atoms in total. The fraction of sp³-hybridized carbons (Fsp3) is 0.316. The van der Waals surface area contributed by atoms with E-state index in [1.54, 1.807) is 4.57 Å². The van der Waals surface area contributed by atoms with Gasteiger partial charge in [-0.2, -0.15) is 4.31 Å². The summed E-state index contributed by atoms with van der Waals surface area (Å²) in [5.74, 6) is 0. The van der Waals surface area contributed by atoms with Crippen LogP contribution in [-0.2, 0) is 10.0 Å². The number of nitrogens with zero attached hydrogens (tertiary/aromatic N) is 3. The molecule has 1 saturated heterocycles. The predicted octanol–water partition coefficient (Wildman–Crippen LogP) is 2.57. The van der Waals surface area contributed by atoms with Gasteiger partial charge >= 0.3 is 5.69 Å². The van der Waals surface area contributed by atoms with E-state index in [4.69, 9.17) is 0 Å². The molecule has 152 valence electrons. The van der Waals surface area contributed by atoms with Gasteiger partial charge in [0.2, 0.25) is 10.0 Å². The van der Waals surface area contributed by atoms with Crippen molar-refractivity contribution < 1.29 is 13.3 Å². The van der Waals surface area contributed by atoms with Crippen LogP contribution in [0.3, 0.4) is 0 Å². The number of nitro benzene ring substituents is 1. The van der Waals surface area contributed by atoms with Crippen LogP contribution in [-0.4, -0.2) is 40.3 Å². The van der Waals surface area contributed by atoms with E-state index in [2.05, 4.69) is 4.98 Å². The molecule has 0 radical (unpaired) electrons. The van der Waals surface area contributed by atoms with Gasteiger partial charge in [-0.05, 0) is 38.0 Å². The lowest BCUT2D eigenvalue weighted by molar-refractivity contribution is -0.385. The molecule has 0 atom stereocenters. The molecule has 0 bridgehead atoms. The van der Waals surface area contributed by atoms with Gasteiger partial charge in [-0.15, -0.1) is 0 Å². The minimum Gasteiger partial charge on any atom is -0.306 e. The first-order chi connectivity index (χ1) is 13.8. The first-order valence-corrected chi connectivity index (χ1v) is 10.7. The van der Waals surface area contributed by atoms with E-state index >= 15 is 0 Å². The Morgan fingerprint density at radius 3 is 2.48 bits per heavy atom. The van der Waals surface area contributed by atoms with E-state index < -0.39 is 14.9 Å². The van der Waals surface area contributed by atoms with Gasteiger partial charge < -0.3 is 4.98 Å². The van der Waals surface area contributed by atoms with Gasteiger partial charge in [0.25, 0.3) is 5.69 Å². The number of rotatable bonds is 4. The molecule has 0 spiro atoms. The van der Waals surface area contributed by atoms with Crippen molar-refractivity contribution in [3.05, 3.63) is 68.6 Å². The highest BCUT2D eigenvalue weighted by molar-refractivity contribution is 7.89. The number of sulfonamides is 1. The Hall–Kier alpha value is -2.98. The highest BCUT2D eigenvalue weighted by Crippen LogP contribution is 2.31. The van der Waals surface area contributed by atoms with Crippen LogP contribution in [0, 0.1) is 17.0 Å². The van der Waals surface area contributed by atoms with Crippen molar-refractivity contribution in [2.45, 2.75) is 30.7 Å². The quantitative estimate of drug-likeness (QED) is 0.518. The molecule has 1 fully saturated rings. The maximum Gasteiger partial charge on any atom is 0.326 e.